The van der Waals surface area contributed by atoms with Crippen molar-refractivity contribution in [2.45, 2.75) is 0 Å². The van der Waals surface area contributed by atoms with Crippen molar-refractivity contribution >= 4 is 29.0 Å². The van der Waals surface area contributed by atoms with E-state index < -0.39 is 29.0 Å². The molecule has 0 amide bonds. The third kappa shape index (κ3) is 8660. The molecule has 0 bridgehead atoms. The van der Waals surface area contributed by atoms with Gasteiger partial charge in [0.2, 0.25) is 0 Å². The van der Waals surface area contributed by atoms with E-state index in [9.17, 15) is 69.1 Å². The standard InChI is InChI=1S/4BF4.2Cd/c4*2-1(3,4)5;;/q4*-1;2*+2. The minimum atomic E-state index is -6.00. The van der Waals surface area contributed by atoms with Crippen molar-refractivity contribution in [3.05, 3.63) is 0 Å². The van der Waals surface area contributed by atoms with Gasteiger partial charge in [-0.2, -0.15) is 0 Å². The predicted octanol–water partition coefficient (Wildman–Crippen LogP) is 5.20. The summed E-state index contributed by atoms with van der Waals surface area (Å²) in [7, 11) is -24.0. The van der Waals surface area contributed by atoms with E-state index in [4.69, 9.17) is 0 Å². The molecule has 0 aliphatic heterocycles. The monoisotopic (exact) mass is 576 g/mol. The molecule has 128 valence electrons. The van der Waals surface area contributed by atoms with Gasteiger partial charge in [0.1, 0.15) is 0 Å². The van der Waals surface area contributed by atoms with E-state index in [1.165, 1.54) is 0 Å². The summed E-state index contributed by atoms with van der Waals surface area (Å²) in [5.41, 5.74) is 0. The quantitative estimate of drug-likeness (QED) is 0.277. The van der Waals surface area contributed by atoms with Crippen molar-refractivity contribution in [1.29, 1.82) is 0 Å². The van der Waals surface area contributed by atoms with Crippen LogP contribution in [0.4, 0.5) is 69.1 Å². The molecule has 0 N–H and O–H groups in total. The smallest absolute Gasteiger partial charge is 0.418 e. The maximum absolute atomic E-state index is 9.75. The van der Waals surface area contributed by atoms with Gasteiger partial charge in [-0.3, -0.25) is 0 Å². The second-order valence-corrected chi connectivity index (χ2v) is 1.98. The number of hydrogen-bond donors (Lipinski definition) is 0. The minimum Gasteiger partial charge on any atom is -0.418 e. The Morgan fingerprint density at radius 3 is 0.227 bits per heavy atom. The van der Waals surface area contributed by atoms with Gasteiger partial charge in [-0.15, -0.1) is 0 Å². The first kappa shape index (κ1) is 38.5. The topological polar surface area (TPSA) is 0 Å². The summed E-state index contributed by atoms with van der Waals surface area (Å²) in [4.78, 5) is 0. The second-order valence-electron chi connectivity index (χ2n) is 1.98. The normalized spacial score (nSPS) is 10.9. The van der Waals surface area contributed by atoms with Crippen molar-refractivity contribution in [2.24, 2.45) is 0 Å². The molecule has 22 heteroatoms. The SMILES string of the molecule is F[B-](F)(F)F.F[B-](F)(F)F.F[B-](F)(F)F.F[B-](F)(F)F.[Cd+2].[Cd+2]. The van der Waals surface area contributed by atoms with Crippen molar-refractivity contribution < 1.29 is 124 Å². The van der Waals surface area contributed by atoms with E-state index in [1.54, 1.807) is 0 Å². The molecule has 0 aliphatic carbocycles. The molecule has 0 nitrogen and oxygen atoms in total. The fourth-order valence-corrected chi connectivity index (χ4v) is 0. The first-order valence-corrected chi connectivity index (χ1v) is 3.49. The van der Waals surface area contributed by atoms with Crippen LogP contribution in [0.1, 0.15) is 0 Å². The second kappa shape index (κ2) is 15.5. The van der Waals surface area contributed by atoms with Gasteiger partial charge >= 0.3 is 83.6 Å². The molecule has 0 saturated heterocycles. The van der Waals surface area contributed by atoms with Crippen molar-refractivity contribution in [1.82, 2.24) is 0 Å². The summed E-state index contributed by atoms with van der Waals surface area (Å²) in [6.07, 6.45) is 0. The predicted molar refractivity (Wildman–Crippen MR) is 40.7 cm³/mol. The van der Waals surface area contributed by atoms with Crippen LogP contribution in [0.15, 0.2) is 0 Å². The number of rotatable bonds is 0. The van der Waals surface area contributed by atoms with E-state index in [2.05, 4.69) is 0 Å². The van der Waals surface area contributed by atoms with Gasteiger partial charge in [0, 0.05) is 0 Å². The third-order valence-corrected chi connectivity index (χ3v) is 0. The van der Waals surface area contributed by atoms with Crippen LogP contribution in [-0.4, -0.2) is 29.0 Å². The van der Waals surface area contributed by atoms with Crippen LogP contribution in [-0.2, 0) is 54.6 Å². The summed E-state index contributed by atoms with van der Waals surface area (Å²) in [6.45, 7) is 0. The minimum absolute atomic E-state index is 0. The van der Waals surface area contributed by atoms with Crippen molar-refractivity contribution in [3.8, 4) is 0 Å². The van der Waals surface area contributed by atoms with Gasteiger partial charge in [-0.1, -0.05) is 0 Å². The summed E-state index contributed by atoms with van der Waals surface area (Å²) in [6, 6.07) is 0. The van der Waals surface area contributed by atoms with Crippen LogP contribution in [0, 0.1) is 0 Å². The molecule has 0 aromatic heterocycles. The molecule has 22 heavy (non-hydrogen) atoms. The Bertz CT molecular complexity index is 134. The zero-order valence-corrected chi connectivity index (χ0v) is 17.8. The Kier molecular flexibility index (Phi) is 27.1. The molecule has 0 rings (SSSR count). The van der Waals surface area contributed by atoms with Gasteiger partial charge in [0.15, 0.2) is 0 Å². The Morgan fingerprint density at radius 1 is 0.227 bits per heavy atom. The van der Waals surface area contributed by atoms with Crippen LogP contribution in [0.25, 0.3) is 0 Å². The third-order valence-electron chi connectivity index (χ3n) is 0. The maximum atomic E-state index is 9.75. The Labute approximate surface area is 152 Å². The molecule has 0 aromatic rings. The van der Waals surface area contributed by atoms with Crippen molar-refractivity contribution in [3.63, 3.8) is 0 Å². The van der Waals surface area contributed by atoms with Gasteiger partial charge in [0.05, 0.1) is 0 Å². The molecule has 0 atom stereocenters. The van der Waals surface area contributed by atoms with Crippen LogP contribution in [0.2, 0.25) is 0 Å². The molecule has 0 radical (unpaired) electrons. The summed E-state index contributed by atoms with van der Waals surface area (Å²) >= 11 is 0. The van der Waals surface area contributed by atoms with Gasteiger partial charge in [-0.05, 0) is 0 Å². The zero-order valence-electron chi connectivity index (χ0n) is 9.77. The Balaban J connectivity index is -0.0000000376. The van der Waals surface area contributed by atoms with E-state index in [0.29, 0.717) is 0 Å². The molecular formula is B4Cd2F16. The summed E-state index contributed by atoms with van der Waals surface area (Å²) in [5.74, 6) is 0. The van der Waals surface area contributed by atoms with Gasteiger partial charge < -0.3 is 69.1 Å². The molecule has 0 aliphatic rings. The largest absolute Gasteiger partial charge is 2.00 e. The molecule has 0 unspecified atom stereocenters. The average molecular weight is 572 g/mol. The molecular weight excluding hydrogens is 572 g/mol. The Hall–Kier alpha value is 0.984. The van der Waals surface area contributed by atoms with Crippen molar-refractivity contribution in [2.75, 3.05) is 0 Å². The summed E-state index contributed by atoms with van der Waals surface area (Å²) in [5, 5.41) is 0. The molecule has 0 aromatic carbocycles. The molecule has 0 spiro atoms. The van der Waals surface area contributed by atoms with E-state index in [-0.39, 0.29) is 54.6 Å². The molecule has 0 fully saturated rings. The Morgan fingerprint density at radius 2 is 0.227 bits per heavy atom. The van der Waals surface area contributed by atoms with E-state index in [0.717, 1.165) is 0 Å². The van der Waals surface area contributed by atoms with Crippen LogP contribution >= 0.6 is 0 Å². The fraction of sp³-hybridized carbons (Fsp3) is 0. The molecule has 0 heterocycles. The fourth-order valence-electron chi connectivity index (χ4n) is 0. The van der Waals surface area contributed by atoms with E-state index in [1.807, 2.05) is 0 Å². The van der Waals surface area contributed by atoms with Gasteiger partial charge in [0.25, 0.3) is 0 Å². The van der Waals surface area contributed by atoms with Crippen LogP contribution in [0.3, 0.4) is 0 Å². The van der Waals surface area contributed by atoms with Crippen LogP contribution < -0.4 is 0 Å². The summed E-state index contributed by atoms with van der Waals surface area (Å²) < 4.78 is 156. The molecule has 0 saturated carbocycles. The number of halogens is 16. The number of hydrogen-bond acceptors (Lipinski definition) is 0. The average Bonchev–Trinajstić information content (AvgIpc) is 1.62. The zero-order chi connectivity index (χ0) is 18.0. The van der Waals surface area contributed by atoms with E-state index >= 15 is 0 Å². The van der Waals surface area contributed by atoms with Crippen LogP contribution in [0.5, 0.6) is 0 Å². The maximum Gasteiger partial charge on any atom is 2.00 e. The first-order valence-electron chi connectivity index (χ1n) is 3.49. The van der Waals surface area contributed by atoms with Gasteiger partial charge in [-0.25, -0.2) is 0 Å². The first-order chi connectivity index (χ1) is 8.00.